The number of ether oxygens (including phenoxy) is 1. The first kappa shape index (κ1) is 13.6. The second-order valence-electron chi connectivity index (χ2n) is 4.86. The lowest BCUT2D eigenvalue weighted by Gasteiger charge is -2.21. The van der Waals surface area contributed by atoms with Gasteiger partial charge >= 0.3 is 0 Å². The minimum absolute atomic E-state index is 0.424. The van der Waals surface area contributed by atoms with Gasteiger partial charge in [-0.25, -0.2) is 4.98 Å². The molecule has 5 nitrogen and oxygen atoms in total. The molecule has 1 aliphatic rings. The number of methoxy groups -OCH3 is 1. The van der Waals surface area contributed by atoms with Gasteiger partial charge in [0.25, 0.3) is 0 Å². The molecule has 104 valence electrons. The fraction of sp³-hybridized carbons (Fsp3) is 0.571. The predicted molar refractivity (Wildman–Crippen MR) is 77.5 cm³/mol. The number of nitrogens with two attached hydrogens (primary N) is 1. The maximum Gasteiger partial charge on any atom is 0.242 e. The molecule has 0 aromatic carbocycles. The van der Waals surface area contributed by atoms with Crippen molar-refractivity contribution in [2.45, 2.75) is 38.0 Å². The molecule has 1 aromatic heterocycles. The van der Waals surface area contributed by atoms with Crippen LogP contribution in [0.1, 0.15) is 43.8 Å². The SMILES string of the molecule is C=CCNc1nc(C2CCCCC2)nc(OC)c1N. The minimum atomic E-state index is 0.424. The van der Waals surface area contributed by atoms with Gasteiger partial charge in [0.05, 0.1) is 7.11 Å². The highest BCUT2D eigenvalue weighted by Crippen LogP contribution is 2.34. The monoisotopic (exact) mass is 262 g/mol. The number of nitrogens with one attached hydrogen (secondary N) is 1. The Hall–Kier alpha value is -1.78. The fourth-order valence-corrected chi connectivity index (χ4v) is 2.47. The van der Waals surface area contributed by atoms with E-state index in [0.717, 1.165) is 18.7 Å². The van der Waals surface area contributed by atoms with Crippen molar-refractivity contribution in [3.8, 4) is 5.88 Å². The molecule has 0 aliphatic heterocycles. The molecule has 5 heteroatoms. The number of hydrogen-bond acceptors (Lipinski definition) is 5. The van der Waals surface area contributed by atoms with Crippen LogP contribution in [0.3, 0.4) is 0 Å². The van der Waals surface area contributed by atoms with Gasteiger partial charge in [-0.2, -0.15) is 4.98 Å². The zero-order chi connectivity index (χ0) is 13.7. The van der Waals surface area contributed by atoms with E-state index in [-0.39, 0.29) is 0 Å². The Balaban J connectivity index is 2.29. The Kier molecular flexibility index (Phi) is 4.60. The largest absolute Gasteiger partial charge is 0.479 e. The van der Waals surface area contributed by atoms with Crippen molar-refractivity contribution in [1.82, 2.24) is 9.97 Å². The molecular formula is C14H22N4O. The van der Waals surface area contributed by atoms with Crippen LogP contribution in [-0.2, 0) is 0 Å². The third-order valence-corrected chi connectivity index (χ3v) is 3.51. The Morgan fingerprint density at radius 3 is 2.74 bits per heavy atom. The Morgan fingerprint density at radius 1 is 1.37 bits per heavy atom. The molecular weight excluding hydrogens is 240 g/mol. The van der Waals surface area contributed by atoms with E-state index in [2.05, 4.69) is 21.9 Å². The zero-order valence-electron chi connectivity index (χ0n) is 11.5. The summed E-state index contributed by atoms with van der Waals surface area (Å²) in [5.41, 5.74) is 6.45. The molecule has 1 heterocycles. The number of hydrogen-bond donors (Lipinski definition) is 2. The van der Waals surface area contributed by atoms with Crippen LogP contribution < -0.4 is 15.8 Å². The summed E-state index contributed by atoms with van der Waals surface area (Å²) >= 11 is 0. The highest BCUT2D eigenvalue weighted by Gasteiger charge is 2.21. The highest BCUT2D eigenvalue weighted by molar-refractivity contribution is 5.67. The van der Waals surface area contributed by atoms with Crippen molar-refractivity contribution >= 4 is 11.5 Å². The van der Waals surface area contributed by atoms with Gasteiger partial charge in [0.2, 0.25) is 5.88 Å². The summed E-state index contributed by atoms with van der Waals surface area (Å²) < 4.78 is 5.26. The Morgan fingerprint density at radius 2 is 2.11 bits per heavy atom. The van der Waals surface area contributed by atoms with E-state index in [1.54, 1.807) is 13.2 Å². The van der Waals surface area contributed by atoms with Crippen molar-refractivity contribution in [1.29, 1.82) is 0 Å². The molecule has 2 rings (SSSR count). The molecule has 0 unspecified atom stereocenters. The summed E-state index contributed by atoms with van der Waals surface area (Å²) in [5, 5.41) is 3.14. The van der Waals surface area contributed by atoms with Gasteiger partial charge < -0.3 is 15.8 Å². The molecule has 1 saturated carbocycles. The first-order chi connectivity index (χ1) is 9.26. The van der Waals surface area contributed by atoms with Crippen molar-refractivity contribution in [2.24, 2.45) is 0 Å². The third kappa shape index (κ3) is 3.16. The van der Waals surface area contributed by atoms with Crippen LogP contribution in [-0.4, -0.2) is 23.6 Å². The average Bonchev–Trinajstić information content (AvgIpc) is 2.47. The Labute approximate surface area is 114 Å². The van der Waals surface area contributed by atoms with Crippen LogP contribution in [0.25, 0.3) is 0 Å². The maximum absolute atomic E-state index is 5.99. The van der Waals surface area contributed by atoms with Crippen LogP contribution in [0, 0.1) is 0 Å². The lowest BCUT2D eigenvalue weighted by atomic mass is 9.88. The lowest BCUT2D eigenvalue weighted by molar-refractivity contribution is 0.385. The topological polar surface area (TPSA) is 73.1 Å². The maximum atomic E-state index is 5.99. The first-order valence-electron chi connectivity index (χ1n) is 6.82. The van der Waals surface area contributed by atoms with Crippen LogP contribution in [0.2, 0.25) is 0 Å². The summed E-state index contributed by atoms with van der Waals surface area (Å²) in [5.74, 6) is 2.37. The second kappa shape index (κ2) is 6.41. The molecule has 0 bridgehead atoms. The van der Waals surface area contributed by atoms with Gasteiger partial charge in [-0.15, -0.1) is 6.58 Å². The quantitative estimate of drug-likeness (QED) is 0.798. The fourth-order valence-electron chi connectivity index (χ4n) is 2.47. The van der Waals surface area contributed by atoms with E-state index >= 15 is 0 Å². The van der Waals surface area contributed by atoms with Crippen molar-refractivity contribution in [3.05, 3.63) is 18.5 Å². The van der Waals surface area contributed by atoms with E-state index in [0.29, 0.717) is 29.8 Å². The van der Waals surface area contributed by atoms with Gasteiger partial charge in [-0.05, 0) is 12.8 Å². The summed E-state index contributed by atoms with van der Waals surface area (Å²) in [6.07, 6.45) is 7.87. The Bertz CT molecular complexity index is 441. The second-order valence-corrected chi connectivity index (χ2v) is 4.86. The van der Waals surface area contributed by atoms with Crippen molar-refractivity contribution in [2.75, 3.05) is 24.7 Å². The minimum Gasteiger partial charge on any atom is -0.479 e. The van der Waals surface area contributed by atoms with Gasteiger partial charge in [0.1, 0.15) is 11.5 Å². The van der Waals surface area contributed by atoms with Gasteiger partial charge in [0, 0.05) is 12.5 Å². The number of aromatic nitrogens is 2. The highest BCUT2D eigenvalue weighted by atomic mass is 16.5. The lowest BCUT2D eigenvalue weighted by Crippen LogP contribution is -2.14. The molecule has 0 spiro atoms. The standard InChI is InChI=1S/C14H22N4O/c1-3-9-16-13-11(15)14(19-2)18-12(17-13)10-7-5-4-6-8-10/h3,10H,1,4-9,15H2,2H3,(H,16,17,18). The van der Waals surface area contributed by atoms with E-state index in [9.17, 15) is 0 Å². The molecule has 1 fully saturated rings. The molecule has 3 N–H and O–H groups in total. The predicted octanol–water partition coefficient (Wildman–Crippen LogP) is 2.71. The van der Waals surface area contributed by atoms with Crippen LogP contribution in [0.15, 0.2) is 12.7 Å². The third-order valence-electron chi connectivity index (χ3n) is 3.51. The van der Waals surface area contributed by atoms with Crippen molar-refractivity contribution in [3.63, 3.8) is 0 Å². The van der Waals surface area contributed by atoms with Crippen molar-refractivity contribution < 1.29 is 4.74 Å². The first-order valence-corrected chi connectivity index (χ1v) is 6.82. The average molecular weight is 262 g/mol. The summed E-state index contributed by atoms with van der Waals surface area (Å²) in [7, 11) is 1.58. The molecule has 0 atom stereocenters. The van der Waals surface area contributed by atoms with Crippen LogP contribution in [0.5, 0.6) is 5.88 Å². The van der Waals surface area contributed by atoms with E-state index < -0.39 is 0 Å². The molecule has 1 aliphatic carbocycles. The zero-order valence-corrected chi connectivity index (χ0v) is 11.5. The summed E-state index contributed by atoms with van der Waals surface area (Å²) in [6.45, 7) is 4.30. The molecule has 0 radical (unpaired) electrons. The molecule has 0 amide bonds. The van der Waals surface area contributed by atoms with E-state index in [4.69, 9.17) is 10.5 Å². The molecule has 1 aromatic rings. The number of nitrogen functional groups attached to an aromatic ring is 1. The molecule has 0 saturated heterocycles. The van der Waals surface area contributed by atoms with E-state index in [1.807, 2.05) is 0 Å². The summed E-state index contributed by atoms with van der Waals surface area (Å²) in [6, 6.07) is 0. The van der Waals surface area contributed by atoms with E-state index in [1.165, 1.54) is 19.3 Å². The number of rotatable bonds is 5. The number of nitrogens with zero attached hydrogens (tertiary/aromatic N) is 2. The van der Waals surface area contributed by atoms with Crippen LogP contribution in [0.4, 0.5) is 11.5 Å². The van der Waals surface area contributed by atoms with Gasteiger partial charge in [-0.3, -0.25) is 0 Å². The molecule has 19 heavy (non-hydrogen) atoms. The van der Waals surface area contributed by atoms with Gasteiger partial charge in [0.15, 0.2) is 5.82 Å². The van der Waals surface area contributed by atoms with Gasteiger partial charge in [-0.1, -0.05) is 25.3 Å². The van der Waals surface area contributed by atoms with Crippen LogP contribution >= 0.6 is 0 Å². The summed E-state index contributed by atoms with van der Waals surface area (Å²) in [4.78, 5) is 9.03. The smallest absolute Gasteiger partial charge is 0.242 e. The normalized spacial score (nSPS) is 16.1. The number of anilines is 2.